The van der Waals surface area contributed by atoms with Gasteiger partial charge in [0.1, 0.15) is 0 Å². The van der Waals surface area contributed by atoms with Crippen LogP contribution in [0.15, 0.2) is 170 Å². The van der Waals surface area contributed by atoms with Crippen molar-refractivity contribution in [3.8, 4) is 67.5 Å². The van der Waals surface area contributed by atoms with Crippen molar-refractivity contribution < 1.29 is 0 Å². The molecule has 0 spiro atoms. The minimum absolute atomic E-state index is 0.0617. The van der Waals surface area contributed by atoms with Crippen molar-refractivity contribution in [3.63, 3.8) is 0 Å². The van der Waals surface area contributed by atoms with Crippen LogP contribution in [-0.4, -0.2) is 19.9 Å². The van der Waals surface area contributed by atoms with Gasteiger partial charge in [0.15, 0.2) is 17.5 Å². The summed E-state index contributed by atoms with van der Waals surface area (Å²) in [4.78, 5) is 19.4. The van der Waals surface area contributed by atoms with E-state index in [0.717, 1.165) is 34.1 Å². The highest BCUT2D eigenvalue weighted by Gasteiger charge is 2.58. The topological polar surface area (TPSA) is 51.6 Å². The van der Waals surface area contributed by atoms with E-state index in [1.807, 2.05) is 12.4 Å². The lowest BCUT2D eigenvalue weighted by Gasteiger charge is -2.63. The summed E-state index contributed by atoms with van der Waals surface area (Å²) in [5, 5.41) is 0. The zero-order valence-corrected chi connectivity index (χ0v) is 39.4. The van der Waals surface area contributed by atoms with E-state index in [1.54, 1.807) is 11.1 Å². The van der Waals surface area contributed by atoms with Crippen LogP contribution in [0.25, 0.3) is 67.5 Å². The first kappa shape index (κ1) is 42.1. The summed E-state index contributed by atoms with van der Waals surface area (Å²) in [6.07, 6.45) is 11.8. The van der Waals surface area contributed by atoms with Crippen LogP contribution in [0.5, 0.6) is 0 Å². The molecule has 0 aliphatic heterocycles. The van der Waals surface area contributed by atoms with Gasteiger partial charge in [-0.1, -0.05) is 187 Å². The Morgan fingerprint density at radius 2 is 0.621 bits per heavy atom. The zero-order chi connectivity index (χ0) is 45.3. The maximum atomic E-state index is 5.06. The fourth-order valence-electron chi connectivity index (χ4n) is 12.2. The van der Waals surface area contributed by atoms with E-state index in [-0.39, 0.29) is 21.7 Å². The molecule has 2 heterocycles. The highest BCUT2D eigenvalue weighted by atomic mass is 15.0. The van der Waals surface area contributed by atoms with E-state index in [9.17, 15) is 0 Å². The quantitative estimate of drug-likeness (QED) is 0.153. The summed E-state index contributed by atoms with van der Waals surface area (Å²) in [5.74, 6) is 3.64. The molecule has 4 nitrogen and oxygen atoms in total. The predicted octanol–water partition coefficient (Wildman–Crippen LogP) is 15.7. The number of pyridine rings is 1. The molecule has 2 unspecified atom stereocenters. The Morgan fingerprint density at radius 1 is 0.348 bits per heavy atom. The Hall–Kier alpha value is -6.52. The number of nitrogens with zero attached hydrogens (tertiary/aromatic N) is 4. The molecule has 66 heavy (non-hydrogen) atoms. The molecular formula is C62H60N4. The van der Waals surface area contributed by atoms with Gasteiger partial charge in [-0.25, -0.2) is 15.0 Å². The van der Waals surface area contributed by atoms with Crippen LogP contribution >= 0.6 is 0 Å². The molecule has 4 bridgehead atoms. The number of hydrogen-bond acceptors (Lipinski definition) is 4. The normalized spacial score (nSPS) is 21.2. The Morgan fingerprint density at radius 3 is 0.939 bits per heavy atom. The monoisotopic (exact) mass is 860 g/mol. The van der Waals surface area contributed by atoms with Gasteiger partial charge in [-0.2, -0.15) is 0 Å². The van der Waals surface area contributed by atoms with Gasteiger partial charge in [0.25, 0.3) is 0 Å². The Labute approximate surface area is 391 Å². The smallest absolute Gasteiger partial charge is 0.164 e. The van der Waals surface area contributed by atoms with Crippen LogP contribution in [0.3, 0.4) is 0 Å². The standard InChI is InChI=1S/C62H60N4/c1-59(2,3)52-23-19-50(20-24-52)57-64-56(65-58(66-57)51-21-25-53(26-22-51)60(4,5)6)49-13-11-45(12-14-49)43-7-9-44(10-8-43)46-15-27-54(28-16-46)61-36-41-35-42(37-61)39-62(38-41,40-61)55-29-17-47(18-30-55)48-31-33-63-34-32-48/h7-34,41-42H,35-40H2,1-6H3. The molecule has 6 aromatic carbocycles. The van der Waals surface area contributed by atoms with Crippen molar-refractivity contribution in [2.24, 2.45) is 11.8 Å². The van der Waals surface area contributed by atoms with Crippen molar-refractivity contribution in [1.29, 1.82) is 0 Å². The van der Waals surface area contributed by atoms with Crippen LogP contribution < -0.4 is 0 Å². The maximum absolute atomic E-state index is 5.06. The van der Waals surface area contributed by atoms with Crippen LogP contribution in [0.4, 0.5) is 0 Å². The molecule has 0 amide bonds. The summed E-state index contributed by atoms with van der Waals surface area (Å²) in [6.45, 7) is 13.4. The molecule has 0 N–H and O–H groups in total. The predicted molar refractivity (Wildman–Crippen MR) is 272 cm³/mol. The second-order valence-corrected chi connectivity index (χ2v) is 22.0. The average Bonchev–Trinajstić information content (AvgIpc) is 3.33. The Kier molecular flexibility index (Phi) is 10.3. The van der Waals surface area contributed by atoms with Gasteiger partial charge >= 0.3 is 0 Å². The van der Waals surface area contributed by atoms with Crippen molar-refractivity contribution in [2.45, 2.75) is 102 Å². The third-order valence-corrected chi connectivity index (χ3v) is 15.4. The first-order valence-corrected chi connectivity index (χ1v) is 24.1. The largest absolute Gasteiger partial charge is 0.265 e. The highest BCUT2D eigenvalue weighted by molar-refractivity contribution is 5.74. The average molecular weight is 861 g/mol. The van der Waals surface area contributed by atoms with E-state index in [2.05, 4.69) is 204 Å². The summed E-state index contributed by atoms with van der Waals surface area (Å²) >= 11 is 0. The number of hydrogen-bond donors (Lipinski definition) is 0. The second kappa shape index (κ2) is 16.1. The third-order valence-electron chi connectivity index (χ3n) is 15.4. The number of rotatable bonds is 8. The van der Waals surface area contributed by atoms with Gasteiger partial charge in [-0.05, 0) is 140 Å². The molecule has 2 aromatic heterocycles. The molecule has 2 atom stereocenters. The Bertz CT molecular complexity index is 2900. The maximum Gasteiger partial charge on any atom is 0.164 e. The lowest BCUT2D eigenvalue weighted by molar-refractivity contribution is -0.0281. The molecule has 4 saturated carbocycles. The van der Waals surface area contributed by atoms with Crippen molar-refractivity contribution in [2.75, 3.05) is 0 Å². The molecule has 12 rings (SSSR count). The summed E-state index contributed by atoms with van der Waals surface area (Å²) in [5.41, 5.74) is 16.6. The summed E-state index contributed by atoms with van der Waals surface area (Å²) < 4.78 is 0. The summed E-state index contributed by atoms with van der Waals surface area (Å²) in [7, 11) is 0. The van der Waals surface area contributed by atoms with Crippen LogP contribution in [-0.2, 0) is 21.7 Å². The fourth-order valence-corrected chi connectivity index (χ4v) is 12.2. The molecule has 4 fully saturated rings. The first-order valence-electron chi connectivity index (χ1n) is 24.1. The third kappa shape index (κ3) is 7.99. The molecule has 0 saturated heterocycles. The van der Waals surface area contributed by atoms with Gasteiger partial charge in [-0.3, -0.25) is 4.98 Å². The van der Waals surface area contributed by atoms with E-state index in [0.29, 0.717) is 17.5 Å². The number of benzene rings is 6. The molecule has 4 aliphatic carbocycles. The lowest BCUT2D eigenvalue weighted by Crippen LogP contribution is -2.55. The van der Waals surface area contributed by atoms with Crippen LogP contribution in [0.2, 0.25) is 0 Å². The summed E-state index contributed by atoms with van der Waals surface area (Å²) in [6, 6.07) is 58.5. The van der Waals surface area contributed by atoms with Crippen LogP contribution in [0, 0.1) is 11.8 Å². The van der Waals surface area contributed by atoms with Gasteiger partial charge in [-0.15, -0.1) is 0 Å². The fraction of sp³-hybridized carbons (Fsp3) is 0.290. The van der Waals surface area contributed by atoms with Gasteiger partial charge in [0.2, 0.25) is 0 Å². The number of aromatic nitrogens is 4. The SMILES string of the molecule is CC(C)(C)c1ccc(-c2nc(-c3ccc(-c4ccc(-c5ccc(C67CC8CC(CC(c9ccc(-c%10ccncc%10)cc9)(C8)C6)C7)cc5)cc4)cc3)nc(-c3ccc(C(C)(C)C)cc3)n2)cc1. The van der Waals surface area contributed by atoms with Gasteiger partial charge in [0, 0.05) is 29.1 Å². The lowest BCUT2D eigenvalue weighted by atomic mass is 9.41. The zero-order valence-electron chi connectivity index (χ0n) is 39.4. The molecule has 8 aromatic rings. The van der Waals surface area contributed by atoms with E-state index in [1.165, 1.54) is 77.5 Å². The van der Waals surface area contributed by atoms with E-state index < -0.39 is 0 Å². The molecule has 328 valence electrons. The first-order chi connectivity index (χ1) is 31.8. The van der Waals surface area contributed by atoms with Gasteiger partial charge < -0.3 is 0 Å². The van der Waals surface area contributed by atoms with Crippen molar-refractivity contribution in [1.82, 2.24) is 19.9 Å². The molecule has 4 aliphatic rings. The molecule has 4 heteroatoms. The van der Waals surface area contributed by atoms with Crippen molar-refractivity contribution in [3.05, 3.63) is 192 Å². The highest BCUT2D eigenvalue weighted by Crippen LogP contribution is 2.66. The van der Waals surface area contributed by atoms with E-state index >= 15 is 0 Å². The Balaban J connectivity index is 0.825. The van der Waals surface area contributed by atoms with E-state index in [4.69, 9.17) is 15.0 Å². The molecule has 0 radical (unpaired) electrons. The van der Waals surface area contributed by atoms with Gasteiger partial charge in [0.05, 0.1) is 0 Å². The minimum atomic E-state index is 0.0617. The molecular weight excluding hydrogens is 801 g/mol. The second-order valence-electron chi connectivity index (χ2n) is 22.0. The minimum Gasteiger partial charge on any atom is -0.265 e. The van der Waals surface area contributed by atoms with Crippen molar-refractivity contribution >= 4 is 0 Å². The van der Waals surface area contributed by atoms with Crippen LogP contribution in [0.1, 0.15) is 102 Å².